The molecular weight excluding hydrogens is 378 g/mol. The summed E-state index contributed by atoms with van der Waals surface area (Å²) in [5, 5.41) is 5.48. The second kappa shape index (κ2) is 7.90. The highest BCUT2D eigenvalue weighted by atomic mass is 31.2. The number of phosphoric ester groups is 1. The molecule has 0 saturated carbocycles. The van der Waals surface area contributed by atoms with E-state index in [1.54, 1.807) is 0 Å². The van der Waals surface area contributed by atoms with Crippen LogP contribution in [-0.4, -0.2) is 4.89 Å². The molecular formula is C21H18O4P2. The zero-order valence-corrected chi connectivity index (χ0v) is 16.3. The number of fused-ring (bicyclic) bond motifs is 9. The minimum Gasteiger partial charge on any atom is -0.302 e. The molecule has 0 fully saturated rings. The molecule has 0 atom stereocenters. The van der Waals surface area contributed by atoms with Crippen molar-refractivity contribution in [3.05, 3.63) is 89.7 Å². The lowest BCUT2D eigenvalue weighted by Gasteiger charge is -2.09. The molecule has 0 saturated heterocycles. The van der Waals surface area contributed by atoms with Crippen LogP contribution < -0.4 is 0 Å². The Morgan fingerprint density at radius 3 is 2.11 bits per heavy atom. The van der Waals surface area contributed by atoms with Crippen molar-refractivity contribution in [2.75, 3.05) is 0 Å². The molecule has 3 aromatic carbocycles. The highest BCUT2D eigenvalue weighted by Crippen LogP contribution is 2.45. The molecule has 0 amide bonds. The van der Waals surface area contributed by atoms with Crippen LogP contribution in [0.1, 0.15) is 11.1 Å². The zero-order valence-electron chi connectivity index (χ0n) is 14.5. The van der Waals surface area contributed by atoms with Crippen molar-refractivity contribution in [3.8, 4) is 0 Å². The van der Waals surface area contributed by atoms with E-state index >= 15 is 0 Å². The van der Waals surface area contributed by atoms with Crippen LogP contribution in [0, 0.1) is 0 Å². The monoisotopic (exact) mass is 396 g/mol. The second-order valence-corrected chi connectivity index (χ2v) is 8.68. The highest BCUT2D eigenvalue weighted by Gasteiger charge is 2.22. The van der Waals surface area contributed by atoms with Crippen molar-refractivity contribution < 1.29 is 18.5 Å². The number of hydrogen-bond donors (Lipinski definition) is 1. The molecule has 2 aliphatic rings. The maximum atomic E-state index is 11.1. The van der Waals surface area contributed by atoms with Crippen molar-refractivity contribution in [2.24, 2.45) is 0 Å². The fourth-order valence-corrected chi connectivity index (χ4v) is 4.44. The molecule has 27 heavy (non-hydrogen) atoms. The van der Waals surface area contributed by atoms with E-state index in [1.165, 1.54) is 29.5 Å². The van der Waals surface area contributed by atoms with Crippen molar-refractivity contribution in [1.29, 1.82) is 0 Å². The highest BCUT2D eigenvalue weighted by molar-refractivity contribution is 7.47. The molecule has 6 heteroatoms. The second-order valence-electron chi connectivity index (χ2n) is 6.19. The summed E-state index contributed by atoms with van der Waals surface area (Å²) in [4.78, 5) is 9.10. The van der Waals surface area contributed by atoms with Gasteiger partial charge in [0.05, 0.1) is 13.2 Å². The summed E-state index contributed by atoms with van der Waals surface area (Å²) in [6.45, 7) is 0.210. The molecule has 0 aliphatic carbocycles. The quantitative estimate of drug-likeness (QED) is 0.276. The smallest absolute Gasteiger partial charge is 0.302 e. The molecule has 4 aromatic rings. The number of rotatable bonds is 0. The van der Waals surface area contributed by atoms with Crippen LogP contribution >= 0.6 is 16.0 Å². The molecule has 2 aliphatic heterocycles. The minimum atomic E-state index is -3.84. The van der Waals surface area contributed by atoms with Crippen molar-refractivity contribution in [3.63, 3.8) is 0 Å². The normalized spacial score (nSPS) is 15.7. The first-order valence-electron chi connectivity index (χ1n) is 8.53. The van der Waals surface area contributed by atoms with Crippen LogP contribution in [0.2, 0.25) is 0 Å². The van der Waals surface area contributed by atoms with E-state index in [-0.39, 0.29) is 13.2 Å². The third kappa shape index (κ3) is 4.44. The molecule has 0 spiro atoms. The molecule has 0 radical (unpaired) electrons. The summed E-state index contributed by atoms with van der Waals surface area (Å²) in [7, 11) is -2.53. The average Bonchev–Trinajstić information content (AvgIpc) is 2.83. The maximum absolute atomic E-state index is 11.1. The summed E-state index contributed by atoms with van der Waals surface area (Å²) in [5.74, 6) is 2.18. The number of benzene rings is 3. The predicted molar refractivity (Wildman–Crippen MR) is 110 cm³/mol. The van der Waals surface area contributed by atoms with E-state index in [4.69, 9.17) is 13.9 Å². The van der Waals surface area contributed by atoms with E-state index in [0.717, 1.165) is 11.1 Å². The van der Waals surface area contributed by atoms with E-state index in [1.807, 2.05) is 24.3 Å². The Morgan fingerprint density at radius 2 is 1.41 bits per heavy atom. The first kappa shape index (κ1) is 18.3. The van der Waals surface area contributed by atoms with E-state index in [2.05, 4.69) is 54.3 Å². The lowest BCUT2D eigenvalue weighted by molar-refractivity contribution is 0.139. The number of hydrogen-bond acceptors (Lipinski definition) is 3. The fraction of sp³-hybridized carbons (Fsp3) is 0.0952. The summed E-state index contributed by atoms with van der Waals surface area (Å²) in [5.41, 5.74) is 1.73. The van der Waals surface area contributed by atoms with Gasteiger partial charge >= 0.3 is 7.82 Å². The van der Waals surface area contributed by atoms with E-state index in [9.17, 15) is 4.57 Å². The molecule has 3 heterocycles. The van der Waals surface area contributed by atoms with Gasteiger partial charge in [0, 0.05) is 5.12 Å². The van der Waals surface area contributed by atoms with Crippen LogP contribution in [-0.2, 0) is 26.8 Å². The fourth-order valence-electron chi connectivity index (χ4n) is 2.92. The van der Waals surface area contributed by atoms with Gasteiger partial charge in [0.2, 0.25) is 0 Å². The Kier molecular flexibility index (Phi) is 5.36. The Bertz CT molecular complexity index is 1040. The summed E-state index contributed by atoms with van der Waals surface area (Å²) >= 11 is 0. The van der Waals surface area contributed by atoms with Crippen LogP contribution in [0.4, 0.5) is 0 Å². The molecule has 136 valence electrons. The van der Waals surface area contributed by atoms with E-state index in [0.29, 0.717) is 0 Å². The molecule has 0 unspecified atom stereocenters. The van der Waals surface area contributed by atoms with Gasteiger partial charge in [0.15, 0.2) is 0 Å². The Labute approximate surface area is 159 Å². The van der Waals surface area contributed by atoms with Crippen molar-refractivity contribution in [1.82, 2.24) is 0 Å². The molecule has 6 rings (SSSR count). The molecule has 2 bridgehead atoms. The summed E-state index contributed by atoms with van der Waals surface area (Å²) in [6, 6.07) is 24.7. The summed E-state index contributed by atoms with van der Waals surface area (Å²) in [6.07, 6.45) is 0. The number of phosphoric acid groups is 1. The lowest BCUT2D eigenvalue weighted by Crippen LogP contribution is -1.92. The first-order valence-corrected chi connectivity index (χ1v) is 11.0. The van der Waals surface area contributed by atoms with Crippen LogP contribution in [0.5, 0.6) is 0 Å². The molecule has 1 aromatic heterocycles. The predicted octanol–water partition coefficient (Wildman–Crippen LogP) is 6.41. The Balaban J connectivity index is 0.000000134. The van der Waals surface area contributed by atoms with E-state index < -0.39 is 7.82 Å². The van der Waals surface area contributed by atoms with Gasteiger partial charge in [-0.1, -0.05) is 74.9 Å². The van der Waals surface area contributed by atoms with Gasteiger partial charge < -0.3 is 4.89 Å². The maximum Gasteiger partial charge on any atom is 0.472 e. The lowest BCUT2D eigenvalue weighted by atomic mass is 10.1. The zero-order chi connectivity index (χ0) is 18.7. The van der Waals surface area contributed by atoms with Gasteiger partial charge in [0.25, 0.3) is 0 Å². The van der Waals surface area contributed by atoms with Crippen molar-refractivity contribution >= 4 is 37.3 Å². The van der Waals surface area contributed by atoms with Crippen molar-refractivity contribution in [2.45, 2.75) is 13.2 Å². The van der Waals surface area contributed by atoms with Gasteiger partial charge in [-0.15, -0.1) is 0 Å². The topological polar surface area (TPSA) is 55.8 Å². The third-order valence-electron chi connectivity index (χ3n) is 4.32. The molecule has 1 N–H and O–H groups in total. The average molecular weight is 396 g/mol. The standard InChI is InChI=1S/C13H9P.C8H9O4P/c1-2-5-11-10(4-1)7-8-13-12(11)6-3-9-14-13;9-13(10)11-5-7-1-2-8(4-3-7)6-12-13/h1-9H;1-4H,5-6H2,(H,9,10). The largest absolute Gasteiger partial charge is 0.472 e. The van der Waals surface area contributed by atoms with Crippen LogP contribution in [0.25, 0.3) is 21.3 Å². The van der Waals surface area contributed by atoms with Gasteiger partial charge in [-0.25, -0.2) is 4.57 Å². The SMILES string of the molecule is O=P1(O)OCc2ccc(cc2)CO1.c1ccc2c(c1)ccc1pcccc12. The van der Waals surface area contributed by atoms with Crippen LogP contribution in [0.3, 0.4) is 0 Å². The van der Waals surface area contributed by atoms with Crippen LogP contribution in [0.15, 0.2) is 78.6 Å². The minimum absolute atomic E-state index is 0.105. The Morgan fingerprint density at radius 1 is 0.778 bits per heavy atom. The third-order valence-corrected chi connectivity index (χ3v) is 6.22. The van der Waals surface area contributed by atoms with Gasteiger partial charge in [-0.2, -0.15) is 0 Å². The first-order chi connectivity index (χ1) is 13.1. The van der Waals surface area contributed by atoms with Gasteiger partial charge in [-0.3, -0.25) is 9.05 Å². The van der Waals surface area contributed by atoms with Gasteiger partial charge in [-0.05, 0) is 39.2 Å². The summed E-state index contributed by atoms with van der Waals surface area (Å²) < 4.78 is 20.5. The Hall–Kier alpha value is -2.06. The molecule has 4 nitrogen and oxygen atoms in total. The van der Waals surface area contributed by atoms with Gasteiger partial charge in [0.1, 0.15) is 0 Å².